The lowest BCUT2D eigenvalue weighted by molar-refractivity contribution is -0.135. The zero-order valence-corrected chi connectivity index (χ0v) is 18.8. The number of rotatable bonds is 7. The highest BCUT2D eigenvalue weighted by Crippen LogP contribution is 2.41. The fourth-order valence-electron chi connectivity index (χ4n) is 3.90. The van der Waals surface area contributed by atoms with Gasteiger partial charge >= 0.3 is 0 Å². The smallest absolute Gasteiger partial charge is 0.261 e. The standard InChI is InChI=1S/C24H24ClN3O4/c1-24(2)12-16-4-3-5-19(22(16)32-24)30-14-21(29)28(18-10-11-18)13-20-26-27-23(31-20)15-6-8-17(25)9-7-15/h3-9,18H,10-14H2,1-2H3. The van der Waals surface area contributed by atoms with Gasteiger partial charge in [0.2, 0.25) is 11.8 Å². The van der Waals surface area contributed by atoms with E-state index < -0.39 is 0 Å². The molecule has 1 saturated carbocycles. The summed E-state index contributed by atoms with van der Waals surface area (Å²) in [5.41, 5.74) is 1.60. The number of ether oxygens (including phenoxy) is 2. The Labute approximate surface area is 191 Å². The lowest BCUT2D eigenvalue weighted by Gasteiger charge is -2.21. The molecule has 0 N–H and O–H groups in total. The molecule has 0 radical (unpaired) electrons. The van der Waals surface area contributed by atoms with Gasteiger partial charge in [0.25, 0.3) is 5.91 Å². The van der Waals surface area contributed by atoms with Gasteiger partial charge < -0.3 is 18.8 Å². The van der Waals surface area contributed by atoms with Gasteiger partial charge in [0.1, 0.15) is 5.60 Å². The molecule has 2 aliphatic rings. The van der Waals surface area contributed by atoms with Gasteiger partial charge in [-0.15, -0.1) is 10.2 Å². The molecule has 7 nitrogen and oxygen atoms in total. The molecule has 166 valence electrons. The van der Waals surface area contributed by atoms with Gasteiger partial charge in [-0.3, -0.25) is 4.79 Å². The second kappa shape index (κ2) is 8.13. The summed E-state index contributed by atoms with van der Waals surface area (Å²) in [6, 6.07) is 13.1. The van der Waals surface area contributed by atoms with Crippen molar-refractivity contribution in [3.63, 3.8) is 0 Å². The first-order chi connectivity index (χ1) is 15.4. The van der Waals surface area contributed by atoms with E-state index in [9.17, 15) is 4.79 Å². The molecule has 32 heavy (non-hydrogen) atoms. The van der Waals surface area contributed by atoms with E-state index >= 15 is 0 Å². The molecule has 0 bridgehead atoms. The van der Waals surface area contributed by atoms with Crippen LogP contribution in [0, 0.1) is 0 Å². The SMILES string of the molecule is CC1(C)Cc2cccc(OCC(=O)N(Cc3nnc(-c4ccc(Cl)cc4)o3)C3CC3)c2O1. The topological polar surface area (TPSA) is 77.7 Å². The summed E-state index contributed by atoms with van der Waals surface area (Å²) in [6.45, 7) is 4.26. The highest BCUT2D eigenvalue weighted by atomic mass is 35.5. The number of para-hydroxylation sites is 1. The first-order valence-electron chi connectivity index (χ1n) is 10.7. The van der Waals surface area contributed by atoms with Gasteiger partial charge in [0.15, 0.2) is 18.1 Å². The van der Waals surface area contributed by atoms with Gasteiger partial charge in [0.05, 0.1) is 6.54 Å². The average molecular weight is 454 g/mol. The number of halogens is 1. The third-order valence-corrected chi connectivity index (χ3v) is 5.83. The van der Waals surface area contributed by atoms with Crippen molar-refractivity contribution in [3.8, 4) is 23.0 Å². The molecular formula is C24H24ClN3O4. The Morgan fingerprint density at radius 2 is 1.97 bits per heavy atom. The summed E-state index contributed by atoms with van der Waals surface area (Å²) in [6.07, 6.45) is 2.73. The summed E-state index contributed by atoms with van der Waals surface area (Å²) in [7, 11) is 0. The fraction of sp³-hybridized carbons (Fsp3) is 0.375. The maximum absolute atomic E-state index is 13.0. The molecular weight excluding hydrogens is 430 g/mol. The van der Waals surface area contributed by atoms with Gasteiger partial charge in [-0.2, -0.15) is 0 Å². The number of carbonyl (C=O) groups is 1. The second-order valence-corrected chi connectivity index (χ2v) is 9.27. The number of carbonyl (C=O) groups excluding carboxylic acids is 1. The minimum atomic E-state index is -0.272. The largest absolute Gasteiger partial charge is 0.483 e. The Bertz CT molecular complexity index is 1140. The third kappa shape index (κ3) is 4.43. The average Bonchev–Trinajstić information content (AvgIpc) is 3.40. The third-order valence-electron chi connectivity index (χ3n) is 5.58. The molecule has 1 aliphatic heterocycles. The maximum Gasteiger partial charge on any atom is 0.261 e. The van der Waals surface area contributed by atoms with E-state index in [1.807, 2.05) is 44.2 Å². The number of fused-ring (bicyclic) bond motifs is 1. The van der Waals surface area contributed by atoms with Crippen LogP contribution in [0.15, 0.2) is 46.9 Å². The highest BCUT2D eigenvalue weighted by Gasteiger charge is 2.35. The zero-order chi connectivity index (χ0) is 22.3. The molecule has 1 fully saturated rings. The maximum atomic E-state index is 13.0. The van der Waals surface area contributed by atoms with Crippen molar-refractivity contribution in [3.05, 3.63) is 58.9 Å². The van der Waals surface area contributed by atoms with Crippen molar-refractivity contribution in [2.75, 3.05) is 6.61 Å². The lowest BCUT2D eigenvalue weighted by atomic mass is 10.0. The van der Waals surface area contributed by atoms with E-state index in [0.29, 0.717) is 22.6 Å². The summed E-state index contributed by atoms with van der Waals surface area (Å²) >= 11 is 5.94. The normalized spacial score (nSPS) is 16.3. The van der Waals surface area contributed by atoms with Crippen LogP contribution in [0.4, 0.5) is 0 Å². The predicted octanol–water partition coefficient (Wildman–Crippen LogP) is 4.67. The van der Waals surface area contributed by atoms with Crippen molar-refractivity contribution >= 4 is 17.5 Å². The summed E-state index contributed by atoms with van der Waals surface area (Å²) in [4.78, 5) is 14.8. The molecule has 1 amide bonds. The number of aromatic nitrogens is 2. The van der Waals surface area contributed by atoms with Crippen LogP contribution in [0.2, 0.25) is 5.02 Å². The van der Waals surface area contributed by atoms with E-state index in [2.05, 4.69) is 10.2 Å². The van der Waals surface area contributed by atoms with Crippen molar-refractivity contribution < 1.29 is 18.7 Å². The van der Waals surface area contributed by atoms with Crippen LogP contribution in [0.5, 0.6) is 11.5 Å². The highest BCUT2D eigenvalue weighted by molar-refractivity contribution is 6.30. The monoisotopic (exact) mass is 453 g/mol. The van der Waals surface area contributed by atoms with Crippen molar-refractivity contribution in [1.82, 2.24) is 15.1 Å². The minimum absolute atomic E-state index is 0.0745. The number of amides is 1. The lowest BCUT2D eigenvalue weighted by Crippen LogP contribution is -2.36. The quantitative estimate of drug-likeness (QED) is 0.517. The molecule has 3 aromatic rings. The van der Waals surface area contributed by atoms with E-state index in [-0.39, 0.29) is 30.7 Å². The van der Waals surface area contributed by atoms with Gasteiger partial charge in [0, 0.05) is 28.6 Å². The van der Waals surface area contributed by atoms with Crippen LogP contribution in [-0.2, 0) is 17.8 Å². The van der Waals surface area contributed by atoms with Gasteiger partial charge in [-0.1, -0.05) is 23.7 Å². The minimum Gasteiger partial charge on any atom is -0.483 e. The Morgan fingerprint density at radius 3 is 2.72 bits per heavy atom. The van der Waals surface area contributed by atoms with Crippen LogP contribution < -0.4 is 9.47 Å². The zero-order valence-electron chi connectivity index (χ0n) is 18.0. The van der Waals surface area contributed by atoms with Crippen LogP contribution in [0.1, 0.15) is 38.1 Å². The number of nitrogens with zero attached hydrogens (tertiary/aromatic N) is 3. The van der Waals surface area contributed by atoms with E-state index in [0.717, 1.165) is 36.1 Å². The fourth-order valence-corrected chi connectivity index (χ4v) is 4.03. The predicted molar refractivity (Wildman–Crippen MR) is 119 cm³/mol. The molecule has 8 heteroatoms. The Hall–Kier alpha value is -3.06. The van der Waals surface area contributed by atoms with Crippen LogP contribution in [0.3, 0.4) is 0 Å². The van der Waals surface area contributed by atoms with Crippen molar-refractivity contribution in [2.45, 2.75) is 51.3 Å². The van der Waals surface area contributed by atoms with E-state index in [1.165, 1.54) is 0 Å². The molecule has 0 unspecified atom stereocenters. The molecule has 0 spiro atoms. The Balaban J connectivity index is 1.25. The molecule has 5 rings (SSSR count). The molecule has 1 aromatic heterocycles. The molecule has 0 atom stereocenters. The molecule has 2 aromatic carbocycles. The Kier molecular flexibility index (Phi) is 5.29. The van der Waals surface area contributed by atoms with Crippen molar-refractivity contribution in [1.29, 1.82) is 0 Å². The summed E-state index contributed by atoms with van der Waals surface area (Å²) in [5, 5.41) is 8.87. The first-order valence-corrected chi connectivity index (χ1v) is 11.1. The Morgan fingerprint density at radius 1 is 1.19 bits per heavy atom. The van der Waals surface area contributed by atoms with E-state index in [4.69, 9.17) is 25.5 Å². The first kappa shape index (κ1) is 20.8. The molecule has 2 heterocycles. The van der Waals surface area contributed by atoms with Gasteiger partial charge in [-0.05, 0) is 57.0 Å². The van der Waals surface area contributed by atoms with E-state index in [1.54, 1.807) is 17.0 Å². The summed E-state index contributed by atoms with van der Waals surface area (Å²) in [5.74, 6) is 2.00. The van der Waals surface area contributed by atoms with Crippen LogP contribution in [0.25, 0.3) is 11.5 Å². The summed E-state index contributed by atoms with van der Waals surface area (Å²) < 4.78 is 17.7. The molecule has 1 aliphatic carbocycles. The number of hydrogen-bond acceptors (Lipinski definition) is 6. The number of hydrogen-bond donors (Lipinski definition) is 0. The van der Waals surface area contributed by atoms with Crippen LogP contribution in [-0.4, -0.2) is 39.3 Å². The number of benzene rings is 2. The second-order valence-electron chi connectivity index (χ2n) is 8.83. The van der Waals surface area contributed by atoms with Crippen LogP contribution >= 0.6 is 11.6 Å². The molecule has 0 saturated heterocycles. The van der Waals surface area contributed by atoms with Gasteiger partial charge in [-0.25, -0.2) is 0 Å². The van der Waals surface area contributed by atoms with Crippen molar-refractivity contribution in [2.24, 2.45) is 0 Å².